The van der Waals surface area contributed by atoms with E-state index in [4.69, 9.17) is 17.3 Å². The van der Waals surface area contributed by atoms with Gasteiger partial charge in [-0.05, 0) is 37.7 Å². The lowest BCUT2D eigenvalue weighted by atomic mass is 10.1. The predicted molar refractivity (Wildman–Crippen MR) is 117 cm³/mol. The number of hydrogen-bond donors (Lipinski definition) is 1. The Morgan fingerprint density at radius 3 is 2.54 bits per heavy atom. The summed E-state index contributed by atoms with van der Waals surface area (Å²) in [5, 5.41) is 4.93. The van der Waals surface area contributed by atoms with Crippen molar-refractivity contribution < 1.29 is 0 Å². The highest BCUT2D eigenvalue weighted by atomic mass is 32.1. The summed E-state index contributed by atoms with van der Waals surface area (Å²) in [7, 11) is 2.16. The fraction of sp³-hybridized carbons (Fsp3) is 0.273. The number of rotatable bonds is 4. The summed E-state index contributed by atoms with van der Waals surface area (Å²) in [5.41, 5.74) is 6.26. The van der Waals surface area contributed by atoms with Crippen molar-refractivity contribution in [2.75, 3.05) is 33.2 Å². The van der Waals surface area contributed by atoms with Crippen molar-refractivity contribution in [3.63, 3.8) is 0 Å². The third-order valence-corrected chi connectivity index (χ3v) is 5.58. The Labute approximate surface area is 170 Å². The van der Waals surface area contributed by atoms with Gasteiger partial charge >= 0.3 is 0 Å². The zero-order valence-corrected chi connectivity index (χ0v) is 17.2. The molecule has 3 aromatic rings. The first-order valence-electron chi connectivity index (χ1n) is 9.51. The number of aryl methyl sites for hydroxylation is 1. The van der Waals surface area contributed by atoms with Gasteiger partial charge in [0.05, 0.1) is 17.1 Å². The quantitative estimate of drug-likeness (QED) is 0.679. The highest BCUT2D eigenvalue weighted by Gasteiger charge is 2.20. The van der Waals surface area contributed by atoms with Gasteiger partial charge in [-0.1, -0.05) is 43.1 Å². The monoisotopic (exact) mass is 391 g/mol. The molecule has 1 aliphatic heterocycles. The molecule has 0 radical (unpaired) electrons. The zero-order chi connectivity index (χ0) is 19.7. The maximum Gasteiger partial charge on any atom is 0.109 e. The van der Waals surface area contributed by atoms with E-state index in [0.29, 0.717) is 4.64 Å². The number of aromatic amines is 1. The van der Waals surface area contributed by atoms with Gasteiger partial charge in [-0.3, -0.25) is 0 Å². The number of benzene rings is 1. The summed E-state index contributed by atoms with van der Waals surface area (Å²) in [6.07, 6.45) is 1.90. The summed E-state index contributed by atoms with van der Waals surface area (Å²) in [6.45, 7) is 10.5. The lowest BCUT2D eigenvalue weighted by Gasteiger charge is -2.34. The van der Waals surface area contributed by atoms with Crippen LogP contribution in [0.4, 0.5) is 0 Å². The summed E-state index contributed by atoms with van der Waals surface area (Å²) in [5.74, 6) is 0. The Hall–Kier alpha value is -2.70. The fourth-order valence-electron chi connectivity index (χ4n) is 3.54. The first kappa shape index (κ1) is 18.7. The Bertz CT molecular complexity index is 1040. The Balaban J connectivity index is 1.78. The van der Waals surface area contributed by atoms with E-state index in [1.54, 1.807) is 0 Å². The Kier molecular flexibility index (Phi) is 5.15. The minimum atomic E-state index is 0.704. The third kappa shape index (κ3) is 3.66. The van der Waals surface area contributed by atoms with Crippen molar-refractivity contribution in [3.05, 3.63) is 71.1 Å². The number of likely N-dealkylation sites (N-methyl/N-ethyl adjacent to an activating group) is 1. The lowest BCUT2D eigenvalue weighted by molar-refractivity contribution is 0.207. The number of piperazine rings is 1. The standard InChI is InChI=1S/C22H25N5S/c1-16-6-4-5-7-19(16)21-14-20(17(2)26-12-10-25(3)11-13-26)24-27(21)18-8-9-22(28)23-15-18/h4-9,14-15H,2,10-13H2,1,3H3,(H,23,28). The van der Waals surface area contributed by atoms with E-state index < -0.39 is 0 Å². The summed E-state index contributed by atoms with van der Waals surface area (Å²) < 4.78 is 2.68. The first-order valence-corrected chi connectivity index (χ1v) is 9.92. The minimum Gasteiger partial charge on any atom is -0.368 e. The number of nitrogens with one attached hydrogen (secondary N) is 1. The number of H-pyrrole nitrogens is 1. The van der Waals surface area contributed by atoms with Crippen LogP contribution in [0.1, 0.15) is 11.3 Å². The third-order valence-electron chi connectivity index (χ3n) is 5.32. The number of aromatic nitrogens is 3. The van der Waals surface area contributed by atoms with E-state index in [1.807, 2.05) is 23.0 Å². The zero-order valence-electron chi connectivity index (χ0n) is 16.4. The molecule has 1 fully saturated rings. The predicted octanol–water partition coefficient (Wildman–Crippen LogP) is 4.12. The summed E-state index contributed by atoms with van der Waals surface area (Å²) >= 11 is 5.20. The van der Waals surface area contributed by atoms with Crippen LogP contribution in [0.25, 0.3) is 22.6 Å². The second-order valence-corrected chi connectivity index (χ2v) is 7.73. The molecule has 0 atom stereocenters. The van der Waals surface area contributed by atoms with E-state index >= 15 is 0 Å². The molecule has 0 saturated carbocycles. The van der Waals surface area contributed by atoms with Crippen molar-refractivity contribution in [3.8, 4) is 16.9 Å². The topological polar surface area (TPSA) is 40.1 Å². The van der Waals surface area contributed by atoms with Gasteiger partial charge in [0.25, 0.3) is 0 Å². The van der Waals surface area contributed by atoms with Gasteiger partial charge in [0.15, 0.2) is 0 Å². The van der Waals surface area contributed by atoms with Crippen LogP contribution in [-0.2, 0) is 0 Å². The molecule has 4 rings (SSSR count). The average molecular weight is 392 g/mol. The molecule has 0 bridgehead atoms. The molecule has 1 aromatic carbocycles. The SMILES string of the molecule is C=C(c1cc(-c2ccccc2C)n(-c2ccc(=S)[nH]c2)n1)N1CCN(C)CC1. The van der Waals surface area contributed by atoms with Crippen LogP contribution in [0.3, 0.4) is 0 Å². The summed E-state index contributed by atoms with van der Waals surface area (Å²) in [4.78, 5) is 7.78. The molecule has 0 unspecified atom stereocenters. The van der Waals surface area contributed by atoms with Crippen LogP contribution in [0.5, 0.6) is 0 Å². The molecule has 1 aliphatic rings. The molecule has 1 saturated heterocycles. The van der Waals surface area contributed by atoms with Crippen LogP contribution >= 0.6 is 12.2 Å². The molecule has 28 heavy (non-hydrogen) atoms. The summed E-state index contributed by atoms with van der Waals surface area (Å²) in [6, 6.07) is 14.4. The average Bonchev–Trinajstić information content (AvgIpc) is 3.14. The maximum atomic E-state index is 5.20. The second-order valence-electron chi connectivity index (χ2n) is 7.29. The second kappa shape index (κ2) is 7.73. The largest absolute Gasteiger partial charge is 0.368 e. The molecule has 0 aliphatic carbocycles. The van der Waals surface area contributed by atoms with Crippen molar-refractivity contribution in [1.82, 2.24) is 24.6 Å². The Morgan fingerprint density at radius 2 is 1.86 bits per heavy atom. The molecule has 0 spiro atoms. The maximum absolute atomic E-state index is 5.20. The molecule has 144 valence electrons. The van der Waals surface area contributed by atoms with Crippen LogP contribution in [-0.4, -0.2) is 57.8 Å². The lowest BCUT2D eigenvalue weighted by Crippen LogP contribution is -2.43. The van der Waals surface area contributed by atoms with Gasteiger partial charge < -0.3 is 14.8 Å². The van der Waals surface area contributed by atoms with Gasteiger partial charge in [-0.25, -0.2) is 4.68 Å². The molecule has 5 nitrogen and oxygen atoms in total. The number of pyridine rings is 1. The van der Waals surface area contributed by atoms with Crippen molar-refractivity contribution in [1.29, 1.82) is 0 Å². The molecule has 2 aromatic heterocycles. The van der Waals surface area contributed by atoms with Crippen molar-refractivity contribution in [2.45, 2.75) is 6.92 Å². The molecule has 6 heteroatoms. The van der Waals surface area contributed by atoms with Crippen molar-refractivity contribution in [2.24, 2.45) is 0 Å². The molecular formula is C22H25N5S. The van der Waals surface area contributed by atoms with Crippen LogP contribution < -0.4 is 0 Å². The van der Waals surface area contributed by atoms with Gasteiger partial charge in [0, 0.05) is 37.9 Å². The van der Waals surface area contributed by atoms with Crippen LogP contribution in [0, 0.1) is 11.6 Å². The van der Waals surface area contributed by atoms with Gasteiger partial charge in [0.1, 0.15) is 10.3 Å². The van der Waals surface area contributed by atoms with Gasteiger partial charge in [0.2, 0.25) is 0 Å². The van der Waals surface area contributed by atoms with Gasteiger partial charge in [-0.2, -0.15) is 5.10 Å². The molecule has 0 amide bonds. The minimum absolute atomic E-state index is 0.704. The van der Waals surface area contributed by atoms with E-state index in [9.17, 15) is 0 Å². The fourth-order valence-corrected chi connectivity index (χ4v) is 3.67. The normalized spacial score (nSPS) is 15.0. The van der Waals surface area contributed by atoms with E-state index in [1.165, 1.54) is 5.56 Å². The molecular weight excluding hydrogens is 366 g/mol. The Morgan fingerprint density at radius 1 is 1.11 bits per heavy atom. The highest BCUT2D eigenvalue weighted by molar-refractivity contribution is 7.71. The van der Waals surface area contributed by atoms with E-state index in [2.05, 4.69) is 65.7 Å². The van der Waals surface area contributed by atoms with Crippen LogP contribution in [0.2, 0.25) is 0 Å². The number of hydrogen-bond acceptors (Lipinski definition) is 4. The van der Waals surface area contributed by atoms with E-state index in [-0.39, 0.29) is 0 Å². The first-order chi connectivity index (χ1) is 13.5. The smallest absolute Gasteiger partial charge is 0.109 e. The van der Waals surface area contributed by atoms with E-state index in [0.717, 1.165) is 54.5 Å². The molecule has 3 heterocycles. The number of nitrogens with zero attached hydrogens (tertiary/aromatic N) is 4. The molecule has 1 N–H and O–H groups in total. The van der Waals surface area contributed by atoms with Gasteiger partial charge in [-0.15, -0.1) is 0 Å². The van der Waals surface area contributed by atoms with Crippen molar-refractivity contribution >= 4 is 17.9 Å². The van der Waals surface area contributed by atoms with Crippen LogP contribution in [0.15, 0.2) is 55.2 Å². The highest BCUT2D eigenvalue weighted by Crippen LogP contribution is 2.29.